The second-order valence-electron chi connectivity index (χ2n) is 5.64. The highest BCUT2D eigenvalue weighted by molar-refractivity contribution is 9.10. The van der Waals surface area contributed by atoms with Crippen LogP contribution in [0.4, 0.5) is 23.0 Å². The molecule has 3 rings (SSSR count). The van der Waals surface area contributed by atoms with Crippen LogP contribution in [0.5, 0.6) is 0 Å². The third-order valence-corrected chi connectivity index (χ3v) is 4.59. The fourth-order valence-corrected chi connectivity index (χ4v) is 3.00. The number of benzene rings is 1. The highest BCUT2D eigenvalue weighted by Crippen LogP contribution is 2.29. The van der Waals surface area contributed by atoms with Gasteiger partial charge >= 0.3 is 0 Å². The van der Waals surface area contributed by atoms with Gasteiger partial charge in [-0.3, -0.25) is 4.90 Å². The van der Waals surface area contributed by atoms with E-state index < -0.39 is 0 Å². The van der Waals surface area contributed by atoms with Gasteiger partial charge < -0.3 is 21.1 Å². The van der Waals surface area contributed by atoms with E-state index >= 15 is 0 Å². The van der Waals surface area contributed by atoms with E-state index in [1.54, 1.807) is 0 Å². The number of hydrogen-bond acceptors (Lipinski definition) is 7. The van der Waals surface area contributed by atoms with Crippen molar-refractivity contribution in [2.24, 2.45) is 0 Å². The minimum atomic E-state index is 0.191. The van der Waals surface area contributed by atoms with Crippen LogP contribution in [0.25, 0.3) is 0 Å². The molecule has 2 aromatic rings. The number of nitrogens with one attached hydrogen (secondary N) is 1. The topological polar surface area (TPSA) is 90.5 Å². The maximum Gasteiger partial charge on any atom is 0.159 e. The first kappa shape index (κ1) is 16.9. The third kappa shape index (κ3) is 3.95. The summed E-state index contributed by atoms with van der Waals surface area (Å²) in [5.74, 6) is 1.37. The Bertz CT molecular complexity index is 673. The van der Waals surface area contributed by atoms with Gasteiger partial charge in [0.2, 0.25) is 0 Å². The lowest BCUT2D eigenvalue weighted by Crippen LogP contribution is -2.47. The zero-order chi connectivity index (χ0) is 16.9. The molecule has 1 fully saturated rings. The zero-order valence-corrected chi connectivity index (χ0v) is 14.9. The molecule has 4 N–H and O–H groups in total. The van der Waals surface area contributed by atoms with Crippen molar-refractivity contribution in [3.05, 3.63) is 35.1 Å². The number of nitrogens with two attached hydrogens (primary N) is 1. The van der Waals surface area contributed by atoms with Gasteiger partial charge in [0.1, 0.15) is 12.0 Å². The maximum atomic E-state index is 9.03. The lowest BCUT2D eigenvalue weighted by molar-refractivity contribution is 0.188. The molecule has 7 nitrogen and oxygen atoms in total. The molecule has 0 unspecified atom stereocenters. The van der Waals surface area contributed by atoms with Crippen molar-refractivity contribution in [1.29, 1.82) is 0 Å². The smallest absolute Gasteiger partial charge is 0.159 e. The van der Waals surface area contributed by atoms with E-state index in [0.29, 0.717) is 18.1 Å². The van der Waals surface area contributed by atoms with E-state index in [1.807, 2.05) is 24.3 Å². The molecule has 1 aliphatic heterocycles. The second-order valence-corrected chi connectivity index (χ2v) is 6.56. The summed E-state index contributed by atoms with van der Waals surface area (Å²) in [6, 6.07) is 7.83. The molecule has 1 aromatic carbocycles. The number of nitrogens with zero attached hydrogens (tertiary/aromatic N) is 4. The molecule has 1 aromatic heterocycles. The van der Waals surface area contributed by atoms with E-state index in [1.165, 1.54) is 6.33 Å². The molecule has 1 aliphatic rings. The van der Waals surface area contributed by atoms with Gasteiger partial charge in [-0.2, -0.15) is 0 Å². The van der Waals surface area contributed by atoms with Gasteiger partial charge in [-0.05, 0) is 24.3 Å². The SMILES string of the molecule is Nc1c(Nc2ccc(Br)cc2)ncnc1N1CCN(CCO)CC1. The number of anilines is 4. The van der Waals surface area contributed by atoms with Crippen LogP contribution < -0.4 is 16.0 Å². The minimum Gasteiger partial charge on any atom is -0.395 e. The Morgan fingerprint density at radius 2 is 1.83 bits per heavy atom. The molecule has 24 heavy (non-hydrogen) atoms. The van der Waals surface area contributed by atoms with Crippen molar-refractivity contribution in [3.8, 4) is 0 Å². The van der Waals surface area contributed by atoms with Gasteiger partial charge in [0.25, 0.3) is 0 Å². The van der Waals surface area contributed by atoms with Crippen molar-refractivity contribution in [2.45, 2.75) is 0 Å². The summed E-state index contributed by atoms with van der Waals surface area (Å²) in [5, 5.41) is 12.3. The largest absolute Gasteiger partial charge is 0.395 e. The second kappa shape index (κ2) is 7.78. The predicted molar refractivity (Wildman–Crippen MR) is 99.6 cm³/mol. The third-order valence-electron chi connectivity index (χ3n) is 4.06. The molecular formula is C16H21BrN6O. The van der Waals surface area contributed by atoms with Crippen LogP contribution >= 0.6 is 15.9 Å². The quantitative estimate of drug-likeness (QED) is 0.712. The molecule has 0 radical (unpaired) electrons. The molecule has 0 amide bonds. The summed E-state index contributed by atoms with van der Waals surface area (Å²) in [5.41, 5.74) is 7.76. The van der Waals surface area contributed by atoms with Gasteiger partial charge in [-0.15, -0.1) is 0 Å². The molecule has 1 saturated heterocycles. The average molecular weight is 393 g/mol. The van der Waals surface area contributed by atoms with Crippen molar-refractivity contribution in [2.75, 3.05) is 55.3 Å². The van der Waals surface area contributed by atoms with E-state index in [0.717, 1.165) is 42.2 Å². The van der Waals surface area contributed by atoms with E-state index in [2.05, 4.69) is 41.0 Å². The number of aliphatic hydroxyl groups is 1. The summed E-state index contributed by atoms with van der Waals surface area (Å²) >= 11 is 3.42. The van der Waals surface area contributed by atoms with Crippen molar-refractivity contribution in [3.63, 3.8) is 0 Å². The highest BCUT2D eigenvalue weighted by atomic mass is 79.9. The van der Waals surface area contributed by atoms with Gasteiger partial charge in [-0.1, -0.05) is 15.9 Å². The standard InChI is InChI=1S/C16H21BrN6O/c17-12-1-3-13(4-2-12)21-15-14(18)16(20-11-19-15)23-7-5-22(6-8-23)9-10-24/h1-4,11,24H,5-10,18H2,(H,19,20,21). The van der Waals surface area contributed by atoms with Gasteiger partial charge in [-0.25, -0.2) is 9.97 Å². The Morgan fingerprint density at radius 3 is 2.50 bits per heavy atom. The van der Waals surface area contributed by atoms with Crippen molar-refractivity contribution >= 4 is 38.9 Å². The highest BCUT2D eigenvalue weighted by Gasteiger charge is 2.20. The number of halogens is 1. The Morgan fingerprint density at radius 1 is 1.12 bits per heavy atom. The molecule has 8 heteroatoms. The monoisotopic (exact) mass is 392 g/mol. The van der Waals surface area contributed by atoms with Crippen LogP contribution in [0.2, 0.25) is 0 Å². The van der Waals surface area contributed by atoms with Crippen LogP contribution in [0.3, 0.4) is 0 Å². The molecule has 2 heterocycles. The number of piperazine rings is 1. The Balaban J connectivity index is 1.73. The summed E-state index contributed by atoms with van der Waals surface area (Å²) in [4.78, 5) is 13.0. The van der Waals surface area contributed by atoms with Crippen LogP contribution in [-0.2, 0) is 0 Å². The van der Waals surface area contributed by atoms with Gasteiger partial charge in [0.05, 0.1) is 6.61 Å². The van der Waals surface area contributed by atoms with E-state index in [-0.39, 0.29) is 6.61 Å². The lowest BCUT2D eigenvalue weighted by atomic mass is 10.2. The first-order valence-electron chi connectivity index (χ1n) is 7.88. The van der Waals surface area contributed by atoms with Crippen LogP contribution in [0.1, 0.15) is 0 Å². The first-order chi connectivity index (χ1) is 11.7. The number of nitrogen functional groups attached to an aromatic ring is 1. The molecule has 0 bridgehead atoms. The normalized spacial score (nSPS) is 15.5. The number of hydrogen-bond donors (Lipinski definition) is 3. The van der Waals surface area contributed by atoms with E-state index in [9.17, 15) is 0 Å². The van der Waals surface area contributed by atoms with Crippen molar-refractivity contribution in [1.82, 2.24) is 14.9 Å². The molecule has 0 spiro atoms. The number of aromatic nitrogens is 2. The fraction of sp³-hybridized carbons (Fsp3) is 0.375. The Hall–Kier alpha value is -1.90. The molecule has 0 saturated carbocycles. The minimum absolute atomic E-state index is 0.191. The fourth-order valence-electron chi connectivity index (χ4n) is 2.73. The molecule has 0 atom stereocenters. The Kier molecular flexibility index (Phi) is 5.49. The molecule has 128 valence electrons. The number of rotatable bonds is 5. The summed E-state index contributed by atoms with van der Waals surface area (Å²) in [6.45, 7) is 4.34. The number of aliphatic hydroxyl groups excluding tert-OH is 1. The summed E-state index contributed by atoms with van der Waals surface area (Å²) < 4.78 is 1.02. The van der Waals surface area contributed by atoms with Crippen LogP contribution in [0, 0.1) is 0 Å². The first-order valence-corrected chi connectivity index (χ1v) is 8.68. The Labute approximate surface area is 149 Å². The zero-order valence-electron chi connectivity index (χ0n) is 13.3. The molecular weight excluding hydrogens is 372 g/mol. The maximum absolute atomic E-state index is 9.03. The van der Waals surface area contributed by atoms with Crippen LogP contribution in [-0.4, -0.2) is 59.3 Å². The summed E-state index contributed by atoms with van der Waals surface area (Å²) in [6.07, 6.45) is 1.53. The predicted octanol–water partition coefficient (Wildman–Crippen LogP) is 1.68. The van der Waals surface area contributed by atoms with Gasteiger partial charge in [0.15, 0.2) is 11.6 Å². The van der Waals surface area contributed by atoms with Gasteiger partial charge in [0, 0.05) is 42.9 Å². The number of β-amino-alcohol motifs (C(OH)–C–C–N with tert-alkyl or cyclic N) is 1. The van der Waals surface area contributed by atoms with Crippen LogP contribution in [0.15, 0.2) is 35.1 Å². The lowest BCUT2D eigenvalue weighted by Gasteiger charge is -2.35. The summed E-state index contributed by atoms with van der Waals surface area (Å²) in [7, 11) is 0. The van der Waals surface area contributed by atoms with Crippen molar-refractivity contribution < 1.29 is 5.11 Å². The average Bonchev–Trinajstić information content (AvgIpc) is 2.60. The van der Waals surface area contributed by atoms with E-state index in [4.69, 9.17) is 10.8 Å². The molecule has 0 aliphatic carbocycles.